The molecule has 0 fully saturated rings. The lowest BCUT2D eigenvalue weighted by Gasteiger charge is -2.09. The first-order valence-corrected chi connectivity index (χ1v) is 10.2. The van der Waals surface area contributed by atoms with Gasteiger partial charge >= 0.3 is 0 Å². The number of nitrogens with zero attached hydrogens (tertiary/aromatic N) is 1. The molecule has 0 radical (unpaired) electrons. The molecule has 0 spiro atoms. The van der Waals surface area contributed by atoms with Gasteiger partial charge in [-0.1, -0.05) is 6.07 Å². The molecule has 1 aliphatic rings. The molecule has 2 aromatic heterocycles. The van der Waals surface area contributed by atoms with Gasteiger partial charge in [0.25, 0.3) is 5.91 Å². The van der Waals surface area contributed by atoms with E-state index in [4.69, 9.17) is 13.9 Å². The van der Waals surface area contributed by atoms with E-state index in [1.807, 2.05) is 18.2 Å². The molecule has 0 unspecified atom stereocenters. The molecule has 2 heterocycles. The van der Waals surface area contributed by atoms with Crippen molar-refractivity contribution in [2.75, 3.05) is 12.4 Å². The van der Waals surface area contributed by atoms with E-state index in [0.717, 1.165) is 31.2 Å². The average molecular weight is 408 g/mol. The van der Waals surface area contributed by atoms with E-state index in [1.165, 1.54) is 16.2 Å². The van der Waals surface area contributed by atoms with Crippen LogP contribution >= 0.6 is 11.3 Å². The number of fused-ring (bicyclic) bond motifs is 1. The molecular formula is C22H20N2O4S. The zero-order valence-corrected chi connectivity index (χ0v) is 16.8. The van der Waals surface area contributed by atoms with Crippen LogP contribution in [-0.4, -0.2) is 13.0 Å². The fourth-order valence-corrected chi connectivity index (χ4v) is 4.59. The van der Waals surface area contributed by atoms with E-state index in [9.17, 15) is 10.1 Å². The number of carbonyl (C=O) groups is 1. The summed E-state index contributed by atoms with van der Waals surface area (Å²) in [4.78, 5) is 13.8. The Hall–Kier alpha value is -3.24. The number of furan rings is 1. The Balaban J connectivity index is 1.42. The van der Waals surface area contributed by atoms with Gasteiger partial charge < -0.3 is 19.2 Å². The average Bonchev–Trinajstić information content (AvgIpc) is 3.36. The highest BCUT2D eigenvalue weighted by Gasteiger charge is 2.23. The highest BCUT2D eigenvalue weighted by molar-refractivity contribution is 7.16. The van der Waals surface area contributed by atoms with Gasteiger partial charge in [-0.05, 0) is 55.5 Å². The molecule has 0 bridgehead atoms. The predicted octanol–water partition coefficient (Wildman–Crippen LogP) is 4.93. The molecule has 1 aromatic carbocycles. The maximum Gasteiger partial charge on any atom is 0.292 e. The van der Waals surface area contributed by atoms with Crippen LogP contribution in [-0.2, 0) is 19.4 Å². The van der Waals surface area contributed by atoms with Crippen LogP contribution < -0.4 is 14.8 Å². The second-order valence-corrected chi connectivity index (χ2v) is 7.82. The summed E-state index contributed by atoms with van der Waals surface area (Å²) in [6.45, 7) is 0.192. The highest BCUT2D eigenvalue weighted by atomic mass is 32.1. The van der Waals surface area contributed by atoms with Crippen LogP contribution in [0.5, 0.6) is 11.5 Å². The van der Waals surface area contributed by atoms with E-state index in [-0.39, 0.29) is 18.3 Å². The fraction of sp³-hybridized carbons (Fsp3) is 0.273. The number of carbonyl (C=O) groups excluding carboxylic acids is 1. The Labute approximate surface area is 172 Å². The standard InChI is InChI=1S/C22H20N2O4S/c1-26-14-5-4-6-15(11-14)27-13-16-9-10-19(28-16)21(25)24-22-18(12-23)17-7-2-3-8-20(17)29-22/h4-6,9-11H,2-3,7-8,13H2,1H3,(H,24,25). The molecule has 0 saturated carbocycles. The van der Waals surface area contributed by atoms with E-state index in [1.54, 1.807) is 25.3 Å². The lowest BCUT2D eigenvalue weighted by molar-refractivity contribution is 0.0993. The van der Waals surface area contributed by atoms with Crippen molar-refractivity contribution in [3.63, 3.8) is 0 Å². The molecule has 1 aliphatic carbocycles. The van der Waals surface area contributed by atoms with Gasteiger partial charge in [0.1, 0.15) is 34.9 Å². The number of nitrogens with one attached hydrogen (secondary N) is 1. The van der Waals surface area contributed by atoms with Crippen LogP contribution in [0.25, 0.3) is 0 Å². The number of benzene rings is 1. The van der Waals surface area contributed by atoms with E-state index >= 15 is 0 Å². The number of hydrogen-bond donors (Lipinski definition) is 1. The zero-order valence-electron chi connectivity index (χ0n) is 16.0. The molecule has 29 heavy (non-hydrogen) atoms. The molecule has 148 valence electrons. The van der Waals surface area contributed by atoms with Crippen LogP contribution in [0.2, 0.25) is 0 Å². The van der Waals surface area contributed by atoms with Crippen LogP contribution in [0.3, 0.4) is 0 Å². The number of rotatable bonds is 6. The molecule has 3 aromatic rings. The largest absolute Gasteiger partial charge is 0.497 e. The summed E-state index contributed by atoms with van der Waals surface area (Å²) in [5.74, 6) is 1.70. The maximum atomic E-state index is 12.6. The quantitative estimate of drug-likeness (QED) is 0.625. The highest BCUT2D eigenvalue weighted by Crippen LogP contribution is 2.37. The van der Waals surface area contributed by atoms with Crippen molar-refractivity contribution in [2.45, 2.75) is 32.3 Å². The number of aryl methyl sites for hydroxylation is 1. The molecule has 4 rings (SSSR count). The summed E-state index contributed by atoms with van der Waals surface area (Å²) in [7, 11) is 1.60. The topological polar surface area (TPSA) is 84.5 Å². The smallest absolute Gasteiger partial charge is 0.292 e. The molecule has 7 heteroatoms. The van der Waals surface area contributed by atoms with Gasteiger partial charge in [0, 0.05) is 10.9 Å². The SMILES string of the molecule is COc1cccc(OCc2ccc(C(=O)Nc3sc4c(c3C#N)CCCC4)o2)c1. The number of amides is 1. The number of hydrogen-bond acceptors (Lipinski definition) is 6. The number of nitriles is 1. The fourth-order valence-electron chi connectivity index (χ4n) is 3.36. The Kier molecular flexibility index (Phi) is 5.54. The van der Waals surface area contributed by atoms with E-state index in [2.05, 4.69) is 11.4 Å². The van der Waals surface area contributed by atoms with Crippen molar-refractivity contribution in [3.05, 3.63) is 63.9 Å². The van der Waals surface area contributed by atoms with Crippen molar-refractivity contribution in [1.82, 2.24) is 0 Å². The van der Waals surface area contributed by atoms with Crippen LogP contribution in [0.15, 0.2) is 40.8 Å². The van der Waals surface area contributed by atoms with Gasteiger partial charge in [-0.2, -0.15) is 5.26 Å². The lowest BCUT2D eigenvalue weighted by Crippen LogP contribution is -2.11. The first-order chi connectivity index (χ1) is 14.2. The third-order valence-electron chi connectivity index (χ3n) is 4.82. The lowest BCUT2D eigenvalue weighted by atomic mass is 9.96. The number of thiophene rings is 1. The summed E-state index contributed by atoms with van der Waals surface area (Å²) >= 11 is 1.49. The first kappa shape index (κ1) is 19.1. The van der Waals surface area contributed by atoms with Crippen molar-refractivity contribution >= 4 is 22.2 Å². The molecule has 0 atom stereocenters. The Bertz CT molecular complexity index is 1080. The van der Waals surface area contributed by atoms with Gasteiger partial charge in [0.2, 0.25) is 0 Å². The second-order valence-electron chi connectivity index (χ2n) is 6.71. The van der Waals surface area contributed by atoms with E-state index < -0.39 is 0 Å². The predicted molar refractivity (Wildman–Crippen MR) is 110 cm³/mol. The van der Waals surface area contributed by atoms with Gasteiger partial charge in [-0.15, -0.1) is 11.3 Å². The Morgan fingerprint density at radius 2 is 2.07 bits per heavy atom. The molecule has 0 aliphatic heterocycles. The molecule has 6 nitrogen and oxygen atoms in total. The molecule has 1 amide bonds. The summed E-state index contributed by atoms with van der Waals surface area (Å²) in [5, 5.41) is 13.0. The van der Waals surface area contributed by atoms with Gasteiger partial charge in [-0.3, -0.25) is 4.79 Å². The van der Waals surface area contributed by atoms with E-state index in [0.29, 0.717) is 27.8 Å². The van der Waals surface area contributed by atoms with Crippen LogP contribution in [0, 0.1) is 11.3 Å². The van der Waals surface area contributed by atoms with Gasteiger partial charge in [-0.25, -0.2) is 0 Å². The Morgan fingerprint density at radius 3 is 2.90 bits per heavy atom. The second kappa shape index (κ2) is 8.41. The minimum Gasteiger partial charge on any atom is -0.497 e. The number of anilines is 1. The van der Waals surface area contributed by atoms with Crippen molar-refractivity contribution in [1.29, 1.82) is 5.26 Å². The minimum atomic E-state index is -0.368. The van der Waals surface area contributed by atoms with Crippen molar-refractivity contribution < 1.29 is 18.7 Å². The minimum absolute atomic E-state index is 0.185. The summed E-state index contributed by atoms with van der Waals surface area (Å²) in [5.41, 5.74) is 1.68. The number of methoxy groups -OCH3 is 1. The zero-order chi connectivity index (χ0) is 20.2. The van der Waals surface area contributed by atoms with Crippen molar-refractivity contribution in [3.8, 4) is 17.6 Å². The molecule has 1 N–H and O–H groups in total. The van der Waals surface area contributed by atoms with Crippen LogP contribution in [0.4, 0.5) is 5.00 Å². The monoisotopic (exact) mass is 408 g/mol. The molecule has 0 saturated heterocycles. The Morgan fingerprint density at radius 1 is 1.24 bits per heavy atom. The first-order valence-electron chi connectivity index (χ1n) is 9.39. The summed E-state index contributed by atoms with van der Waals surface area (Å²) in [6, 6.07) is 12.8. The maximum absolute atomic E-state index is 12.6. The van der Waals surface area contributed by atoms with Gasteiger partial charge in [0.15, 0.2) is 5.76 Å². The third kappa shape index (κ3) is 4.13. The molecular weight excluding hydrogens is 388 g/mol. The van der Waals surface area contributed by atoms with Crippen molar-refractivity contribution in [2.24, 2.45) is 0 Å². The summed E-state index contributed by atoms with van der Waals surface area (Å²) < 4.78 is 16.5. The van der Waals surface area contributed by atoms with Gasteiger partial charge in [0.05, 0.1) is 12.7 Å². The summed E-state index contributed by atoms with van der Waals surface area (Å²) in [6.07, 6.45) is 4.08. The van der Waals surface area contributed by atoms with Crippen LogP contribution in [0.1, 0.15) is 45.2 Å². The number of ether oxygens (including phenoxy) is 2. The normalized spacial score (nSPS) is 12.7. The third-order valence-corrected chi connectivity index (χ3v) is 6.03.